The van der Waals surface area contributed by atoms with Crippen LogP contribution in [0.15, 0.2) is 71.6 Å². The lowest BCUT2D eigenvalue weighted by atomic mass is 10.2. The third kappa shape index (κ3) is 4.66. The van der Waals surface area contributed by atoms with Crippen LogP contribution >= 0.6 is 11.3 Å². The van der Waals surface area contributed by atoms with Crippen molar-refractivity contribution in [2.45, 2.75) is 11.8 Å². The summed E-state index contributed by atoms with van der Waals surface area (Å²) in [6.45, 7) is 2.02. The van der Waals surface area contributed by atoms with E-state index < -0.39 is 11.4 Å². The van der Waals surface area contributed by atoms with Gasteiger partial charge in [0.15, 0.2) is 10.0 Å². The van der Waals surface area contributed by atoms with E-state index in [0.717, 1.165) is 27.2 Å². The number of carbonyl (C=O) groups is 1. The van der Waals surface area contributed by atoms with Crippen molar-refractivity contribution in [3.63, 3.8) is 0 Å². The maximum Gasteiger partial charge on any atom is 0.257 e. The number of anilines is 2. The summed E-state index contributed by atoms with van der Waals surface area (Å²) in [5.41, 5.74) is 3.28. The Morgan fingerprint density at radius 1 is 1.10 bits per heavy atom. The summed E-state index contributed by atoms with van der Waals surface area (Å²) < 4.78 is 20.7. The van der Waals surface area contributed by atoms with Gasteiger partial charge in [-0.1, -0.05) is 17.4 Å². The normalized spacial score (nSPS) is 11.9. The molecule has 31 heavy (non-hydrogen) atoms. The Morgan fingerprint density at radius 3 is 2.48 bits per heavy atom. The molecule has 0 aliphatic carbocycles. The molecule has 3 aromatic carbocycles. The Labute approximate surface area is 187 Å². The summed E-state index contributed by atoms with van der Waals surface area (Å²) in [4.78, 5) is 17.7. The smallest absolute Gasteiger partial charge is 0.257 e. The number of nitrogens with zero attached hydrogens (tertiary/aromatic N) is 2. The summed E-state index contributed by atoms with van der Waals surface area (Å²) in [5, 5.41) is 3.40. The fourth-order valence-electron chi connectivity index (χ4n) is 3.02. The molecule has 8 heteroatoms. The molecule has 1 unspecified atom stereocenters. The number of amides is 1. The van der Waals surface area contributed by atoms with Gasteiger partial charge in [-0.05, 0) is 73.2 Å². The molecule has 4 rings (SSSR count). The maximum atomic E-state index is 12.9. The lowest BCUT2D eigenvalue weighted by Gasteiger charge is -2.21. The van der Waals surface area contributed by atoms with Crippen LogP contribution in [0.25, 0.3) is 10.2 Å². The Bertz CT molecular complexity index is 1210. The molecule has 1 atom stereocenters. The highest BCUT2D eigenvalue weighted by molar-refractivity contribution is 7.92. The predicted molar refractivity (Wildman–Crippen MR) is 127 cm³/mol. The highest BCUT2D eigenvalue weighted by Gasteiger charge is 2.20. The van der Waals surface area contributed by atoms with Crippen molar-refractivity contribution in [3.05, 3.63) is 77.9 Å². The second-order valence-electron chi connectivity index (χ2n) is 6.91. The van der Waals surface area contributed by atoms with Gasteiger partial charge in [-0.2, -0.15) is 4.31 Å². The number of ether oxygens (including phenoxy) is 1. The molecule has 1 N–H and O–H groups in total. The van der Waals surface area contributed by atoms with Crippen LogP contribution in [0.3, 0.4) is 0 Å². The van der Waals surface area contributed by atoms with E-state index in [1.54, 1.807) is 42.7 Å². The van der Waals surface area contributed by atoms with Gasteiger partial charge in [-0.25, -0.2) is 4.98 Å². The number of rotatable bonds is 6. The first-order valence-electron chi connectivity index (χ1n) is 9.53. The van der Waals surface area contributed by atoms with E-state index in [-0.39, 0.29) is 5.91 Å². The first-order valence-corrected chi connectivity index (χ1v) is 11.5. The third-order valence-corrected chi connectivity index (χ3v) is 7.08. The maximum absolute atomic E-state index is 12.9. The fraction of sp³-hybridized carbons (Fsp3) is 0.130. The Morgan fingerprint density at radius 2 is 1.81 bits per heavy atom. The largest absolute Gasteiger partial charge is 0.588 e. The first kappa shape index (κ1) is 21.2. The minimum Gasteiger partial charge on any atom is -0.588 e. The standard InChI is InChI=1S/C23H21N3O3S2/c1-15-4-13-20-21(14-15)30-23(24-20)25-22(27)16-5-11-19(12-6-16)31(28)26(2)17-7-9-18(29-3)10-8-17/h4-14H,1-3H3,(H,24,25,27). The monoisotopic (exact) mass is 451 g/mol. The van der Waals surface area contributed by atoms with Gasteiger partial charge in [0, 0.05) is 5.56 Å². The molecule has 0 aliphatic rings. The summed E-state index contributed by atoms with van der Waals surface area (Å²) in [7, 11) is 3.36. The van der Waals surface area contributed by atoms with Gasteiger partial charge in [0.05, 0.1) is 30.1 Å². The van der Waals surface area contributed by atoms with Crippen molar-refractivity contribution in [2.75, 3.05) is 23.8 Å². The van der Waals surface area contributed by atoms with E-state index in [2.05, 4.69) is 10.3 Å². The zero-order valence-electron chi connectivity index (χ0n) is 17.3. The molecule has 0 aliphatic heterocycles. The van der Waals surface area contributed by atoms with Crippen molar-refractivity contribution in [1.82, 2.24) is 4.98 Å². The Balaban J connectivity index is 1.45. The molecule has 1 heterocycles. The topological polar surface area (TPSA) is 77.5 Å². The van der Waals surface area contributed by atoms with Gasteiger partial charge in [0.1, 0.15) is 17.1 Å². The number of hydrogen-bond acceptors (Lipinski definition) is 6. The lowest BCUT2D eigenvalue weighted by molar-refractivity contribution is 0.102. The van der Waals surface area contributed by atoms with Crippen molar-refractivity contribution < 1.29 is 14.1 Å². The van der Waals surface area contributed by atoms with E-state index in [9.17, 15) is 9.35 Å². The van der Waals surface area contributed by atoms with E-state index >= 15 is 0 Å². The van der Waals surface area contributed by atoms with Crippen LogP contribution in [0.1, 0.15) is 15.9 Å². The zero-order valence-corrected chi connectivity index (χ0v) is 18.9. The molecule has 158 valence electrons. The summed E-state index contributed by atoms with van der Waals surface area (Å²) in [6, 6.07) is 20.1. The molecule has 1 aromatic heterocycles. The van der Waals surface area contributed by atoms with Crippen molar-refractivity contribution in [2.24, 2.45) is 0 Å². The fourth-order valence-corrected chi connectivity index (χ4v) is 4.98. The Kier molecular flexibility index (Phi) is 6.13. The number of thiazole rings is 1. The molecule has 0 saturated heterocycles. The predicted octanol–water partition coefficient (Wildman–Crippen LogP) is 5.02. The number of aromatic nitrogens is 1. The number of carbonyl (C=O) groups excluding carboxylic acids is 1. The highest BCUT2D eigenvalue weighted by atomic mass is 32.2. The van der Waals surface area contributed by atoms with Gasteiger partial charge >= 0.3 is 0 Å². The molecule has 1 amide bonds. The minimum absolute atomic E-state index is 0.253. The number of fused-ring (bicyclic) bond motifs is 1. The lowest BCUT2D eigenvalue weighted by Crippen LogP contribution is -2.26. The van der Waals surface area contributed by atoms with Crippen LogP contribution < -0.4 is 14.4 Å². The van der Waals surface area contributed by atoms with Crippen LogP contribution in [0.5, 0.6) is 5.75 Å². The van der Waals surface area contributed by atoms with Gasteiger partial charge in [0.2, 0.25) is 0 Å². The van der Waals surface area contributed by atoms with Crippen LogP contribution in [0.4, 0.5) is 10.8 Å². The van der Waals surface area contributed by atoms with E-state index in [1.807, 2.05) is 49.4 Å². The molecular weight excluding hydrogens is 430 g/mol. The van der Waals surface area contributed by atoms with Gasteiger partial charge in [-0.3, -0.25) is 10.1 Å². The van der Waals surface area contributed by atoms with Crippen LogP contribution in [-0.2, 0) is 11.4 Å². The van der Waals surface area contributed by atoms with Gasteiger partial charge < -0.3 is 9.29 Å². The number of hydrogen-bond donors (Lipinski definition) is 1. The molecule has 0 spiro atoms. The minimum atomic E-state index is -1.41. The number of nitrogens with one attached hydrogen (secondary N) is 1. The molecule has 0 fully saturated rings. The van der Waals surface area contributed by atoms with E-state index in [4.69, 9.17) is 4.74 Å². The van der Waals surface area contributed by atoms with Crippen molar-refractivity contribution in [1.29, 1.82) is 0 Å². The van der Waals surface area contributed by atoms with E-state index in [0.29, 0.717) is 15.6 Å². The van der Waals surface area contributed by atoms with Gasteiger partial charge in [0.25, 0.3) is 5.91 Å². The molecule has 6 nitrogen and oxygen atoms in total. The SMILES string of the molecule is COc1ccc(N(C)[S+]([O-])c2ccc(C(=O)Nc3nc4ccc(C)cc4s3)cc2)cc1. The molecule has 0 bridgehead atoms. The van der Waals surface area contributed by atoms with Gasteiger partial charge in [-0.15, -0.1) is 0 Å². The first-order chi connectivity index (χ1) is 14.9. The van der Waals surface area contributed by atoms with Crippen molar-refractivity contribution >= 4 is 49.6 Å². The van der Waals surface area contributed by atoms with E-state index in [1.165, 1.54) is 11.3 Å². The number of aryl methyl sites for hydroxylation is 1. The summed E-state index contributed by atoms with van der Waals surface area (Å²) in [6.07, 6.45) is 0. The highest BCUT2D eigenvalue weighted by Crippen LogP contribution is 2.28. The average Bonchev–Trinajstić information content (AvgIpc) is 3.19. The second-order valence-corrected chi connectivity index (χ2v) is 9.46. The quantitative estimate of drug-likeness (QED) is 0.416. The second kappa shape index (κ2) is 8.97. The van der Waals surface area contributed by atoms with Crippen LogP contribution in [0, 0.1) is 6.92 Å². The third-order valence-electron chi connectivity index (χ3n) is 4.77. The molecule has 0 saturated carbocycles. The molecular formula is C23H21N3O3S2. The van der Waals surface area contributed by atoms with Crippen LogP contribution in [-0.4, -0.2) is 29.6 Å². The molecule has 4 aromatic rings. The molecule has 0 radical (unpaired) electrons. The summed E-state index contributed by atoms with van der Waals surface area (Å²) >= 11 is 0.0298. The van der Waals surface area contributed by atoms with Crippen molar-refractivity contribution in [3.8, 4) is 5.75 Å². The number of methoxy groups -OCH3 is 1. The number of benzene rings is 3. The zero-order chi connectivity index (χ0) is 22.0. The Hall–Kier alpha value is -3.07. The average molecular weight is 452 g/mol. The van der Waals surface area contributed by atoms with Crippen LogP contribution in [0.2, 0.25) is 0 Å². The summed E-state index contributed by atoms with van der Waals surface area (Å²) in [5.74, 6) is 0.484.